The SMILES string of the molecule is O.O=C([O-])COc1ccc(C(=O)NCC(O)[CH2][Hg])cc1.[H+]. The number of hydrogen-bond acceptors (Lipinski definition) is 5. The van der Waals surface area contributed by atoms with Crippen LogP contribution in [-0.2, 0) is 30.9 Å². The number of rotatable bonds is 7. The van der Waals surface area contributed by atoms with Crippen molar-refractivity contribution in [3.05, 3.63) is 29.8 Å². The molecule has 0 heterocycles. The Balaban J connectivity index is 0. The molecule has 0 aliphatic heterocycles. The number of nitrogens with one attached hydrogen (secondary N) is 1. The van der Waals surface area contributed by atoms with Crippen molar-refractivity contribution in [1.82, 2.24) is 5.32 Å². The third kappa shape index (κ3) is 6.83. The monoisotopic (exact) mass is 472 g/mol. The fourth-order valence-electron chi connectivity index (χ4n) is 1.26. The van der Waals surface area contributed by atoms with Gasteiger partial charge in [-0.05, 0) is 0 Å². The molecule has 1 amide bonds. The molecule has 0 radical (unpaired) electrons. The second kappa shape index (κ2) is 9.68. The van der Waals surface area contributed by atoms with E-state index in [0.29, 0.717) is 37.4 Å². The normalized spacial score (nSPS) is 11.2. The molecule has 0 spiro atoms. The Bertz CT molecular complexity index is 442. The molecule has 0 fully saturated rings. The molecule has 4 N–H and O–H groups in total. The van der Waals surface area contributed by atoms with Gasteiger partial charge in [0.05, 0.1) is 0 Å². The van der Waals surface area contributed by atoms with E-state index in [-0.39, 0.29) is 19.4 Å². The van der Waals surface area contributed by atoms with Crippen molar-refractivity contribution in [1.29, 1.82) is 0 Å². The summed E-state index contributed by atoms with van der Waals surface area (Å²) in [5.41, 5.74) is 0.422. The molecule has 0 aliphatic rings. The fourth-order valence-corrected chi connectivity index (χ4v) is 2.05. The number of ether oxygens (including phenoxy) is 1. The number of benzene rings is 1. The van der Waals surface area contributed by atoms with Gasteiger partial charge < -0.3 is 15.4 Å². The zero-order valence-corrected chi connectivity index (χ0v) is 16.3. The van der Waals surface area contributed by atoms with Crippen LogP contribution >= 0.6 is 0 Å². The standard InChI is InChI=1S/C12H14NO5.Hg.H2O/c1-8(14)6-13-12(17)9-2-4-10(5-3-9)18-7-11(15)16;;/h2-5,8,14H,1,6-7H2,(H,13,17)(H,15,16);;1H2. The number of amides is 1. The zero-order valence-electron chi connectivity index (χ0n) is 11.8. The van der Waals surface area contributed by atoms with E-state index in [1.165, 1.54) is 24.3 Å². The minimum absolute atomic E-state index is 0. The number of hydrogen-bond donors (Lipinski definition) is 2. The number of carbonyl (C=O) groups is 2. The van der Waals surface area contributed by atoms with Gasteiger partial charge in [0.1, 0.15) is 0 Å². The molecule has 0 bridgehead atoms. The average molecular weight is 471 g/mol. The minimum Gasteiger partial charge on any atom is 1.00 e. The molecule has 7 nitrogen and oxygen atoms in total. The third-order valence-corrected chi connectivity index (χ3v) is 4.90. The summed E-state index contributed by atoms with van der Waals surface area (Å²) in [5.74, 6) is -1.24. The Morgan fingerprint density at radius 3 is 2.50 bits per heavy atom. The molecule has 107 valence electrons. The fraction of sp³-hybridized carbons (Fsp3) is 0.333. The zero-order chi connectivity index (χ0) is 14.3. The van der Waals surface area contributed by atoms with Gasteiger partial charge in [0, 0.05) is 0 Å². The number of aliphatic carboxylic acids is 1. The van der Waals surface area contributed by atoms with Gasteiger partial charge >= 0.3 is 118 Å². The minimum atomic E-state index is -1.31. The quantitative estimate of drug-likeness (QED) is 0.452. The summed E-state index contributed by atoms with van der Waals surface area (Å²) in [6.45, 7) is -0.287. The van der Waals surface area contributed by atoms with Crippen molar-refractivity contribution >= 4 is 11.9 Å². The van der Waals surface area contributed by atoms with Gasteiger partial charge in [-0.15, -0.1) is 0 Å². The first-order valence-electron chi connectivity index (χ1n) is 5.71. The largest absolute Gasteiger partial charge is 1.00 e. The molecule has 0 aromatic heterocycles. The molecular formula is C12H16HgNO6. The van der Waals surface area contributed by atoms with Crippen LogP contribution in [0, 0.1) is 0 Å². The summed E-state index contributed by atoms with van der Waals surface area (Å²) < 4.78 is 5.65. The molecule has 1 atom stereocenters. The summed E-state index contributed by atoms with van der Waals surface area (Å²) in [4.78, 5) is 21.9. The van der Waals surface area contributed by atoms with Crippen molar-refractivity contribution in [3.63, 3.8) is 0 Å². The predicted octanol–water partition coefficient (Wildman–Crippen LogP) is -1.84. The van der Waals surface area contributed by atoms with E-state index in [1.807, 2.05) is 0 Å². The summed E-state index contributed by atoms with van der Waals surface area (Å²) in [5, 5.41) is 22.2. The summed E-state index contributed by atoms with van der Waals surface area (Å²) in [6.07, 6.45) is -0.474. The van der Waals surface area contributed by atoms with Gasteiger partial charge in [0.2, 0.25) is 0 Å². The molecule has 1 aromatic carbocycles. The van der Waals surface area contributed by atoms with E-state index < -0.39 is 18.7 Å². The van der Waals surface area contributed by atoms with Crippen molar-refractivity contribution in [2.24, 2.45) is 0 Å². The van der Waals surface area contributed by atoms with Crippen LogP contribution in [0.4, 0.5) is 0 Å². The van der Waals surface area contributed by atoms with E-state index >= 15 is 0 Å². The molecule has 20 heavy (non-hydrogen) atoms. The number of carboxylic acids is 1. The van der Waals surface area contributed by atoms with Crippen molar-refractivity contribution in [2.45, 2.75) is 10.0 Å². The van der Waals surface area contributed by atoms with Crippen LogP contribution in [0.3, 0.4) is 0 Å². The van der Waals surface area contributed by atoms with Crippen LogP contribution in [0.2, 0.25) is 3.93 Å². The first-order valence-corrected chi connectivity index (χ1v) is 9.60. The molecule has 8 heteroatoms. The van der Waals surface area contributed by atoms with Crippen LogP contribution in [0.25, 0.3) is 0 Å². The third-order valence-electron chi connectivity index (χ3n) is 2.30. The molecular weight excluding hydrogens is 455 g/mol. The first kappa shape index (κ1) is 18.8. The topological polar surface area (TPSA) is 130 Å². The Morgan fingerprint density at radius 1 is 1.40 bits per heavy atom. The molecule has 1 unspecified atom stereocenters. The number of carbonyl (C=O) groups excluding carboxylic acids is 2. The van der Waals surface area contributed by atoms with E-state index in [0.717, 1.165) is 3.93 Å². The average Bonchev–Trinajstić information content (AvgIpc) is 2.42. The van der Waals surface area contributed by atoms with Crippen LogP contribution in [0.15, 0.2) is 24.3 Å². The molecule has 0 aliphatic carbocycles. The maximum absolute atomic E-state index is 11.7. The van der Waals surface area contributed by atoms with E-state index in [4.69, 9.17) is 4.74 Å². The molecule has 1 rings (SSSR count). The summed E-state index contributed by atoms with van der Waals surface area (Å²) >= 11 is 0.504. The first-order chi connectivity index (χ1) is 9.02. The number of aliphatic hydroxyl groups is 1. The van der Waals surface area contributed by atoms with Crippen LogP contribution in [0.1, 0.15) is 11.8 Å². The molecule has 1 aromatic rings. The van der Waals surface area contributed by atoms with Gasteiger partial charge in [-0.2, -0.15) is 0 Å². The molecule has 0 saturated carbocycles. The van der Waals surface area contributed by atoms with E-state index in [1.54, 1.807) is 0 Å². The Kier molecular flexibility index (Phi) is 9.10. The number of aliphatic hydroxyl groups excluding tert-OH is 1. The van der Waals surface area contributed by atoms with Crippen molar-refractivity contribution in [2.75, 3.05) is 13.2 Å². The van der Waals surface area contributed by atoms with Crippen molar-refractivity contribution in [3.8, 4) is 5.75 Å². The van der Waals surface area contributed by atoms with Gasteiger partial charge in [-0.3, -0.25) is 0 Å². The van der Waals surface area contributed by atoms with Gasteiger partial charge in [0.25, 0.3) is 0 Å². The maximum atomic E-state index is 11.7. The van der Waals surface area contributed by atoms with Crippen molar-refractivity contribution < 1.29 is 57.6 Å². The van der Waals surface area contributed by atoms with Gasteiger partial charge in [-0.1, -0.05) is 0 Å². The Labute approximate surface area is 133 Å². The smallest absolute Gasteiger partial charge is 1.00 e. The predicted molar refractivity (Wildman–Crippen MR) is 64.8 cm³/mol. The summed E-state index contributed by atoms with van der Waals surface area (Å²) in [7, 11) is 0. The van der Waals surface area contributed by atoms with Gasteiger partial charge in [0.15, 0.2) is 0 Å². The Morgan fingerprint density at radius 2 is 2.00 bits per heavy atom. The summed E-state index contributed by atoms with van der Waals surface area (Å²) in [6, 6.07) is 6.06. The Hall–Kier alpha value is -1.18. The maximum Gasteiger partial charge on any atom is 1.00 e. The second-order valence-corrected chi connectivity index (χ2v) is 6.08. The second-order valence-electron chi connectivity index (χ2n) is 3.84. The van der Waals surface area contributed by atoms with Gasteiger partial charge in [-0.25, -0.2) is 0 Å². The van der Waals surface area contributed by atoms with E-state index in [2.05, 4.69) is 5.32 Å². The van der Waals surface area contributed by atoms with Crippen LogP contribution < -0.4 is 15.2 Å². The number of carboxylic acid groups (broad SMARTS) is 1. The molecule has 0 saturated heterocycles. The van der Waals surface area contributed by atoms with E-state index in [9.17, 15) is 19.8 Å². The van der Waals surface area contributed by atoms with Crippen LogP contribution in [0.5, 0.6) is 5.75 Å². The van der Waals surface area contributed by atoms with Crippen LogP contribution in [-0.4, -0.2) is 41.7 Å².